The van der Waals surface area contributed by atoms with Gasteiger partial charge in [0.05, 0.1) is 5.60 Å². The average molecular weight is 381 g/mol. The lowest BCUT2D eigenvalue weighted by atomic mass is 9.83. The van der Waals surface area contributed by atoms with Crippen molar-refractivity contribution in [3.05, 3.63) is 23.8 Å². The summed E-state index contributed by atoms with van der Waals surface area (Å²) in [5.74, 6) is -3.42. The topological polar surface area (TPSA) is 59.1 Å². The third-order valence-corrected chi connectivity index (χ3v) is 6.40. The van der Waals surface area contributed by atoms with E-state index in [1.54, 1.807) is 0 Å². The van der Waals surface area contributed by atoms with Crippen LogP contribution in [-0.2, 0) is 19.1 Å². The van der Waals surface area contributed by atoms with E-state index in [2.05, 4.69) is 6.58 Å². The monoisotopic (exact) mass is 381 g/mol. The highest BCUT2D eigenvalue weighted by Crippen LogP contribution is 2.49. The zero-order valence-corrected chi connectivity index (χ0v) is 15.5. The second-order valence-electron chi connectivity index (χ2n) is 8.31. The number of hydrogen-bond acceptors (Lipinski definition) is 4. The molecule has 1 aliphatic carbocycles. The number of likely N-dealkylation sites (tertiary alicyclic amines) is 1. The first-order chi connectivity index (χ1) is 12.7. The molecular weight excluding hydrogens is 356 g/mol. The van der Waals surface area contributed by atoms with Crippen LogP contribution in [0.2, 0.25) is 0 Å². The third-order valence-electron chi connectivity index (χ3n) is 6.40. The van der Waals surface area contributed by atoms with E-state index in [-0.39, 0.29) is 55.6 Å². The van der Waals surface area contributed by atoms with Crippen LogP contribution in [0.4, 0.5) is 8.78 Å². The highest BCUT2D eigenvalue weighted by Gasteiger charge is 2.61. The number of hydrogen-bond donors (Lipinski definition) is 0. The van der Waals surface area contributed by atoms with Crippen molar-refractivity contribution in [2.45, 2.75) is 69.2 Å². The number of ether oxygens (including phenoxy) is 2. The zero-order chi connectivity index (χ0) is 19.4. The summed E-state index contributed by atoms with van der Waals surface area (Å²) in [6, 6.07) is 0. The van der Waals surface area contributed by atoms with Gasteiger partial charge < -0.3 is 14.4 Å². The van der Waals surface area contributed by atoms with E-state index in [0.717, 1.165) is 6.42 Å². The van der Waals surface area contributed by atoms with Gasteiger partial charge in [-0.2, -0.15) is 0 Å². The van der Waals surface area contributed by atoms with Crippen molar-refractivity contribution in [3.63, 3.8) is 0 Å². The fourth-order valence-electron chi connectivity index (χ4n) is 4.49. The Hall–Kier alpha value is -1.76. The van der Waals surface area contributed by atoms with E-state index in [4.69, 9.17) is 9.47 Å². The minimum Gasteiger partial charge on any atom is -0.455 e. The Morgan fingerprint density at radius 1 is 1.30 bits per heavy atom. The molecule has 3 saturated heterocycles. The first-order valence-corrected chi connectivity index (χ1v) is 9.64. The maximum Gasteiger partial charge on any atom is 0.334 e. The molecule has 4 atom stereocenters. The van der Waals surface area contributed by atoms with Gasteiger partial charge in [-0.1, -0.05) is 12.7 Å². The van der Waals surface area contributed by atoms with E-state index in [1.807, 2.05) is 13.0 Å². The van der Waals surface area contributed by atoms with Gasteiger partial charge in [0.1, 0.15) is 12.2 Å². The predicted octanol–water partition coefficient (Wildman–Crippen LogP) is 3.00. The first kappa shape index (κ1) is 18.6. The van der Waals surface area contributed by atoms with Crippen LogP contribution in [0.25, 0.3) is 0 Å². The fraction of sp³-hybridized carbons (Fsp3) is 0.700. The Balaban J connectivity index is 1.51. The van der Waals surface area contributed by atoms with Crippen molar-refractivity contribution in [2.75, 3.05) is 13.1 Å². The molecule has 4 aliphatic rings. The number of amides is 1. The SMILES string of the molecule is C=C1C(=O)O[C@H]2[C@H]1CC/C(C(=O)N1CCC(F)(F)CC1)=C\CC[C@@]1(C)O[C@@H]21. The van der Waals surface area contributed by atoms with Gasteiger partial charge in [0, 0.05) is 43.0 Å². The Bertz CT molecular complexity index is 709. The van der Waals surface area contributed by atoms with E-state index < -0.39 is 11.9 Å². The van der Waals surface area contributed by atoms with Crippen LogP contribution >= 0.6 is 0 Å². The zero-order valence-electron chi connectivity index (χ0n) is 15.5. The Morgan fingerprint density at radius 3 is 2.70 bits per heavy atom. The Morgan fingerprint density at radius 2 is 2.00 bits per heavy atom. The second-order valence-corrected chi connectivity index (χ2v) is 8.31. The smallest absolute Gasteiger partial charge is 0.334 e. The summed E-state index contributed by atoms with van der Waals surface area (Å²) in [7, 11) is 0. The summed E-state index contributed by atoms with van der Waals surface area (Å²) in [6.07, 6.45) is 3.30. The molecule has 3 aliphatic heterocycles. The molecule has 0 radical (unpaired) electrons. The number of carbonyl (C=O) groups is 2. The van der Waals surface area contributed by atoms with E-state index in [9.17, 15) is 18.4 Å². The molecule has 0 unspecified atom stereocenters. The molecule has 0 aromatic rings. The molecule has 5 nitrogen and oxygen atoms in total. The van der Waals surface area contributed by atoms with Crippen LogP contribution in [0.1, 0.15) is 45.4 Å². The van der Waals surface area contributed by atoms with Crippen molar-refractivity contribution in [2.24, 2.45) is 5.92 Å². The predicted molar refractivity (Wildman–Crippen MR) is 93.1 cm³/mol. The second kappa shape index (κ2) is 6.40. The lowest BCUT2D eigenvalue weighted by Gasteiger charge is -2.32. The summed E-state index contributed by atoms with van der Waals surface area (Å²) in [4.78, 5) is 26.4. The van der Waals surface area contributed by atoms with Crippen molar-refractivity contribution in [3.8, 4) is 0 Å². The fourth-order valence-corrected chi connectivity index (χ4v) is 4.49. The molecule has 0 aromatic carbocycles. The Labute approximate surface area is 157 Å². The molecule has 3 fully saturated rings. The normalized spacial score (nSPS) is 40.3. The Kier molecular flexibility index (Phi) is 4.41. The van der Waals surface area contributed by atoms with Crippen LogP contribution in [0.5, 0.6) is 0 Å². The summed E-state index contributed by atoms with van der Waals surface area (Å²) in [6.45, 7) is 6.01. The van der Waals surface area contributed by atoms with Crippen molar-refractivity contribution in [1.82, 2.24) is 4.90 Å². The van der Waals surface area contributed by atoms with Gasteiger partial charge in [-0.15, -0.1) is 0 Å². The van der Waals surface area contributed by atoms with Gasteiger partial charge in [-0.25, -0.2) is 13.6 Å². The van der Waals surface area contributed by atoms with Crippen LogP contribution < -0.4 is 0 Å². The number of esters is 1. The number of piperidine rings is 1. The van der Waals surface area contributed by atoms with Gasteiger partial charge in [0.15, 0.2) is 0 Å². The molecule has 3 heterocycles. The van der Waals surface area contributed by atoms with Gasteiger partial charge in [0.2, 0.25) is 5.91 Å². The summed E-state index contributed by atoms with van der Waals surface area (Å²) in [5, 5.41) is 0. The van der Waals surface area contributed by atoms with Crippen LogP contribution in [-0.4, -0.2) is 53.6 Å². The minimum atomic E-state index is -2.68. The summed E-state index contributed by atoms with van der Waals surface area (Å²) < 4.78 is 38.1. The average Bonchev–Trinajstić information content (AvgIpc) is 3.20. The third kappa shape index (κ3) is 3.42. The number of alkyl halides is 2. The number of nitrogens with zero attached hydrogens (tertiary/aromatic N) is 1. The maximum absolute atomic E-state index is 13.4. The summed E-state index contributed by atoms with van der Waals surface area (Å²) in [5.41, 5.74) is 0.708. The lowest BCUT2D eigenvalue weighted by Crippen LogP contribution is -2.43. The number of halogens is 2. The summed E-state index contributed by atoms with van der Waals surface area (Å²) >= 11 is 0. The van der Waals surface area contributed by atoms with Crippen LogP contribution in [0, 0.1) is 5.92 Å². The van der Waals surface area contributed by atoms with Crippen molar-refractivity contribution < 1.29 is 27.8 Å². The number of rotatable bonds is 1. The molecule has 0 N–H and O–H groups in total. The van der Waals surface area contributed by atoms with Gasteiger partial charge in [-0.05, 0) is 32.6 Å². The highest BCUT2D eigenvalue weighted by atomic mass is 19.3. The van der Waals surface area contributed by atoms with Crippen LogP contribution in [0.3, 0.4) is 0 Å². The highest BCUT2D eigenvalue weighted by molar-refractivity contribution is 5.94. The molecule has 7 heteroatoms. The molecule has 0 bridgehead atoms. The van der Waals surface area contributed by atoms with E-state index in [0.29, 0.717) is 30.4 Å². The number of allylic oxidation sites excluding steroid dienone is 1. The number of fused-ring (bicyclic) bond motifs is 3. The van der Waals surface area contributed by atoms with Gasteiger partial charge in [-0.3, -0.25) is 4.79 Å². The molecule has 0 saturated carbocycles. The van der Waals surface area contributed by atoms with Crippen LogP contribution in [0.15, 0.2) is 23.8 Å². The molecule has 0 aromatic heterocycles. The molecular formula is C20H25F2NO4. The maximum atomic E-state index is 13.4. The molecule has 0 spiro atoms. The lowest BCUT2D eigenvalue weighted by molar-refractivity contribution is -0.140. The number of epoxide rings is 1. The quantitative estimate of drug-likeness (QED) is 0.398. The van der Waals surface area contributed by atoms with Crippen molar-refractivity contribution in [1.29, 1.82) is 0 Å². The first-order valence-electron chi connectivity index (χ1n) is 9.64. The van der Waals surface area contributed by atoms with Crippen molar-refractivity contribution >= 4 is 11.9 Å². The molecule has 4 rings (SSSR count). The van der Waals surface area contributed by atoms with E-state index >= 15 is 0 Å². The van der Waals surface area contributed by atoms with E-state index in [1.165, 1.54) is 4.90 Å². The molecule has 27 heavy (non-hydrogen) atoms. The van der Waals surface area contributed by atoms with Gasteiger partial charge >= 0.3 is 5.97 Å². The van der Waals surface area contributed by atoms with Gasteiger partial charge in [0.25, 0.3) is 5.92 Å². The molecule has 148 valence electrons. The minimum absolute atomic E-state index is 0.0758. The molecule has 1 amide bonds. The largest absolute Gasteiger partial charge is 0.455 e. The standard InChI is InChI=1S/C20H25F2NO4/c1-12-14-6-5-13(17(24)23-10-8-20(21,22)9-11-23)4-3-7-19(2)16(27-19)15(14)26-18(12)25/h4,14-16H,1,3,5-11H2,2H3/b13-4+/t14-,15-,16-,19+/m0/s1. The number of carbonyl (C=O) groups excluding carboxylic acids is 2.